The first-order valence-corrected chi connectivity index (χ1v) is 4.22. The van der Waals surface area contributed by atoms with Gasteiger partial charge in [-0.25, -0.2) is 0 Å². The van der Waals surface area contributed by atoms with Gasteiger partial charge in [-0.15, -0.1) is 0 Å². The van der Waals surface area contributed by atoms with Crippen molar-refractivity contribution >= 4 is 11.9 Å². The summed E-state index contributed by atoms with van der Waals surface area (Å²) in [5, 5.41) is 11.0. The molecule has 2 N–H and O–H groups in total. The fraction of sp³-hybridized carbons (Fsp3) is 0.333. The van der Waals surface area contributed by atoms with E-state index in [4.69, 9.17) is 9.52 Å². The van der Waals surface area contributed by atoms with Crippen molar-refractivity contribution in [1.29, 1.82) is 0 Å². The maximum Gasteiger partial charge on any atom is 0.325 e. The Morgan fingerprint density at radius 3 is 2.80 bits per heavy atom. The number of carbonyl (C=O) groups is 2. The summed E-state index contributed by atoms with van der Waals surface area (Å²) in [6.07, 6.45) is 0. The molecule has 1 aromatic rings. The van der Waals surface area contributed by atoms with E-state index in [1.807, 2.05) is 0 Å². The molecule has 0 aliphatic rings. The van der Waals surface area contributed by atoms with Crippen molar-refractivity contribution in [3.63, 3.8) is 0 Å². The molecule has 0 spiro atoms. The van der Waals surface area contributed by atoms with Crippen LogP contribution in [-0.2, 0) is 16.1 Å². The Hall–Kier alpha value is -1.82. The molecular formula is C9H11NO5. The van der Waals surface area contributed by atoms with Gasteiger partial charge in [0.1, 0.15) is 18.9 Å². The molecule has 0 bridgehead atoms. The Kier molecular flexibility index (Phi) is 3.87. The number of aliphatic hydroxyl groups excluding tert-OH is 1. The van der Waals surface area contributed by atoms with Gasteiger partial charge in [-0.3, -0.25) is 9.59 Å². The number of furan rings is 1. The summed E-state index contributed by atoms with van der Waals surface area (Å²) in [5.74, 6) is -0.737. The quantitative estimate of drug-likeness (QED) is 0.669. The number of carbonyl (C=O) groups excluding carboxylic acids is 2. The molecule has 0 radical (unpaired) electrons. The highest BCUT2D eigenvalue weighted by molar-refractivity contribution is 5.93. The molecule has 0 unspecified atom stereocenters. The minimum absolute atomic E-state index is 0.0444. The fourth-order valence-corrected chi connectivity index (χ4v) is 0.897. The third-order valence-corrected chi connectivity index (χ3v) is 1.66. The van der Waals surface area contributed by atoms with E-state index in [-0.39, 0.29) is 18.9 Å². The highest BCUT2D eigenvalue weighted by Gasteiger charge is 2.11. The Balaban J connectivity index is 2.50. The van der Waals surface area contributed by atoms with Gasteiger partial charge >= 0.3 is 5.97 Å². The number of esters is 1. The lowest BCUT2D eigenvalue weighted by Crippen LogP contribution is -2.29. The van der Waals surface area contributed by atoms with Gasteiger partial charge in [0, 0.05) is 0 Å². The molecule has 1 rings (SSSR count). The SMILES string of the molecule is COC(=O)CNC(=O)c1ccc(CO)o1. The topological polar surface area (TPSA) is 88.8 Å². The van der Waals surface area contributed by atoms with E-state index in [2.05, 4.69) is 10.1 Å². The number of nitrogens with one attached hydrogen (secondary N) is 1. The highest BCUT2D eigenvalue weighted by atomic mass is 16.5. The highest BCUT2D eigenvalue weighted by Crippen LogP contribution is 2.06. The lowest BCUT2D eigenvalue weighted by atomic mass is 10.4. The molecule has 0 saturated carbocycles. The molecule has 0 saturated heterocycles. The average Bonchev–Trinajstić information content (AvgIpc) is 2.73. The first kappa shape index (κ1) is 11.3. The molecule has 0 aliphatic carbocycles. The second kappa shape index (κ2) is 5.16. The van der Waals surface area contributed by atoms with Crippen LogP contribution in [0.15, 0.2) is 16.5 Å². The van der Waals surface area contributed by atoms with E-state index in [1.165, 1.54) is 19.2 Å². The zero-order chi connectivity index (χ0) is 11.3. The monoisotopic (exact) mass is 213 g/mol. The van der Waals surface area contributed by atoms with Gasteiger partial charge in [-0.05, 0) is 12.1 Å². The summed E-state index contributed by atoms with van der Waals surface area (Å²) in [5.41, 5.74) is 0. The van der Waals surface area contributed by atoms with Crippen LogP contribution in [0.4, 0.5) is 0 Å². The number of hydrogen-bond donors (Lipinski definition) is 2. The van der Waals surface area contributed by atoms with Gasteiger partial charge in [0.25, 0.3) is 5.91 Å². The van der Waals surface area contributed by atoms with Crippen molar-refractivity contribution in [3.05, 3.63) is 23.7 Å². The normalized spacial score (nSPS) is 9.73. The van der Waals surface area contributed by atoms with Crippen molar-refractivity contribution in [2.24, 2.45) is 0 Å². The number of methoxy groups -OCH3 is 1. The van der Waals surface area contributed by atoms with Crippen molar-refractivity contribution < 1.29 is 23.8 Å². The summed E-state index contributed by atoms with van der Waals surface area (Å²) < 4.78 is 9.28. The molecule has 1 heterocycles. The predicted octanol–water partition coefficient (Wildman–Crippen LogP) is -0.325. The molecule has 6 heteroatoms. The Labute approximate surface area is 85.8 Å². The van der Waals surface area contributed by atoms with Gasteiger partial charge in [0.2, 0.25) is 0 Å². The number of amides is 1. The van der Waals surface area contributed by atoms with Gasteiger partial charge in [-0.1, -0.05) is 0 Å². The van der Waals surface area contributed by atoms with E-state index in [0.29, 0.717) is 5.76 Å². The van der Waals surface area contributed by atoms with Crippen LogP contribution in [0.2, 0.25) is 0 Å². The fourth-order valence-electron chi connectivity index (χ4n) is 0.897. The van der Waals surface area contributed by atoms with E-state index >= 15 is 0 Å². The zero-order valence-electron chi connectivity index (χ0n) is 8.15. The standard InChI is InChI=1S/C9H11NO5/c1-14-8(12)4-10-9(13)7-3-2-6(5-11)15-7/h2-3,11H,4-5H2,1H3,(H,10,13). The molecule has 0 fully saturated rings. The van der Waals surface area contributed by atoms with Crippen LogP contribution in [-0.4, -0.2) is 30.6 Å². The summed E-state index contributed by atoms with van der Waals surface area (Å²) in [6.45, 7) is -0.491. The average molecular weight is 213 g/mol. The molecule has 6 nitrogen and oxygen atoms in total. The van der Waals surface area contributed by atoms with Crippen LogP contribution in [0.25, 0.3) is 0 Å². The molecule has 1 amide bonds. The first-order valence-electron chi connectivity index (χ1n) is 4.22. The summed E-state index contributed by atoms with van der Waals surface area (Å²) >= 11 is 0. The second-order valence-corrected chi connectivity index (χ2v) is 2.68. The Morgan fingerprint density at radius 1 is 1.53 bits per heavy atom. The van der Waals surface area contributed by atoms with E-state index in [9.17, 15) is 9.59 Å². The molecular weight excluding hydrogens is 202 g/mol. The van der Waals surface area contributed by atoms with Crippen LogP contribution in [0, 0.1) is 0 Å². The van der Waals surface area contributed by atoms with Gasteiger partial charge in [0.05, 0.1) is 7.11 Å². The smallest absolute Gasteiger partial charge is 0.325 e. The molecule has 0 atom stereocenters. The summed E-state index contributed by atoms with van der Waals surface area (Å²) in [6, 6.07) is 2.89. The van der Waals surface area contributed by atoms with Crippen molar-refractivity contribution in [2.45, 2.75) is 6.61 Å². The van der Waals surface area contributed by atoms with E-state index in [1.54, 1.807) is 0 Å². The van der Waals surface area contributed by atoms with Gasteiger partial charge in [-0.2, -0.15) is 0 Å². The van der Waals surface area contributed by atoms with Crippen molar-refractivity contribution in [1.82, 2.24) is 5.32 Å². The molecule has 0 aliphatic heterocycles. The molecule has 1 aromatic heterocycles. The van der Waals surface area contributed by atoms with Crippen LogP contribution < -0.4 is 5.32 Å². The van der Waals surface area contributed by atoms with Crippen molar-refractivity contribution in [2.75, 3.05) is 13.7 Å². The van der Waals surface area contributed by atoms with E-state index < -0.39 is 11.9 Å². The predicted molar refractivity (Wildman–Crippen MR) is 49.0 cm³/mol. The number of aliphatic hydroxyl groups is 1. The van der Waals surface area contributed by atoms with Crippen LogP contribution in [0.5, 0.6) is 0 Å². The third kappa shape index (κ3) is 3.10. The largest absolute Gasteiger partial charge is 0.468 e. The van der Waals surface area contributed by atoms with Crippen molar-refractivity contribution in [3.8, 4) is 0 Å². The third-order valence-electron chi connectivity index (χ3n) is 1.66. The van der Waals surface area contributed by atoms with Crippen LogP contribution in [0.1, 0.15) is 16.3 Å². The summed E-state index contributed by atoms with van der Waals surface area (Å²) in [4.78, 5) is 22.0. The minimum atomic E-state index is -0.544. The maximum atomic E-state index is 11.3. The van der Waals surface area contributed by atoms with Crippen LogP contribution in [0.3, 0.4) is 0 Å². The number of rotatable bonds is 4. The van der Waals surface area contributed by atoms with Gasteiger partial charge < -0.3 is 19.6 Å². The number of hydrogen-bond acceptors (Lipinski definition) is 5. The summed E-state index contributed by atoms with van der Waals surface area (Å²) in [7, 11) is 1.23. The molecule has 15 heavy (non-hydrogen) atoms. The van der Waals surface area contributed by atoms with E-state index in [0.717, 1.165) is 0 Å². The lowest BCUT2D eigenvalue weighted by Gasteiger charge is -2.00. The Morgan fingerprint density at radius 2 is 2.27 bits per heavy atom. The second-order valence-electron chi connectivity index (χ2n) is 2.68. The Bertz CT molecular complexity index is 357. The van der Waals surface area contributed by atoms with Gasteiger partial charge in [0.15, 0.2) is 5.76 Å². The molecule has 0 aromatic carbocycles. The van der Waals surface area contributed by atoms with Crippen LogP contribution >= 0.6 is 0 Å². The number of ether oxygens (including phenoxy) is 1. The lowest BCUT2D eigenvalue weighted by molar-refractivity contribution is -0.139. The first-order chi connectivity index (χ1) is 7.17. The minimum Gasteiger partial charge on any atom is -0.468 e. The molecule has 82 valence electrons. The zero-order valence-corrected chi connectivity index (χ0v) is 8.15. The maximum absolute atomic E-state index is 11.3.